The number of aromatic nitrogens is 1. The molecule has 0 bridgehead atoms. The van der Waals surface area contributed by atoms with E-state index in [0.29, 0.717) is 5.54 Å². The number of fused-ring (bicyclic) bond motifs is 1. The first-order chi connectivity index (χ1) is 8.25. The lowest BCUT2D eigenvalue weighted by Gasteiger charge is -2.24. The Kier molecular flexibility index (Phi) is 2.89. The van der Waals surface area contributed by atoms with Crippen molar-refractivity contribution in [3.05, 3.63) is 29.3 Å². The molecule has 1 saturated carbocycles. The van der Waals surface area contributed by atoms with Gasteiger partial charge in [-0.25, -0.2) is 4.98 Å². The Morgan fingerprint density at radius 2 is 2.06 bits per heavy atom. The topological polar surface area (TPSA) is 24.9 Å². The summed E-state index contributed by atoms with van der Waals surface area (Å²) in [6.45, 7) is 3.25. The molecule has 2 nitrogen and oxygen atoms in total. The van der Waals surface area contributed by atoms with E-state index < -0.39 is 0 Å². The highest BCUT2D eigenvalue weighted by Gasteiger charge is 2.27. The molecule has 0 radical (unpaired) electrons. The molecule has 3 rings (SSSR count). The first kappa shape index (κ1) is 11.2. The summed E-state index contributed by atoms with van der Waals surface area (Å²) in [6, 6.07) is 8.37. The maximum Gasteiger partial charge on any atom is 0.108 e. The van der Waals surface area contributed by atoms with Crippen LogP contribution in [0.5, 0.6) is 0 Å². The first-order valence-corrected chi connectivity index (χ1v) is 7.16. The number of hydrogen-bond acceptors (Lipinski definition) is 3. The van der Waals surface area contributed by atoms with Gasteiger partial charge in [0.05, 0.1) is 10.2 Å². The number of nitrogens with zero attached hydrogens (tertiary/aromatic N) is 1. The molecule has 0 spiro atoms. The van der Waals surface area contributed by atoms with Crippen LogP contribution in [-0.2, 0) is 6.54 Å². The molecule has 1 fully saturated rings. The van der Waals surface area contributed by atoms with Gasteiger partial charge in [-0.2, -0.15) is 0 Å². The molecule has 0 atom stereocenters. The monoisotopic (exact) mass is 246 g/mol. The molecule has 1 heterocycles. The molecule has 0 amide bonds. The SMILES string of the molecule is CC1(NCc2nc3ccccc3s2)CCCC1. The Morgan fingerprint density at radius 3 is 2.82 bits per heavy atom. The van der Waals surface area contributed by atoms with Crippen LogP contribution in [0.15, 0.2) is 24.3 Å². The lowest BCUT2D eigenvalue weighted by Crippen LogP contribution is -2.38. The smallest absolute Gasteiger partial charge is 0.108 e. The molecule has 1 aliphatic carbocycles. The minimum atomic E-state index is 0.345. The van der Waals surface area contributed by atoms with E-state index in [1.54, 1.807) is 11.3 Å². The first-order valence-electron chi connectivity index (χ1n) is 6.35. The predicted octanol–water partition coefficient (Wildman–Crippen LogP) is 3.72. The molecule has 0 saturated heterocycles. The van der Waals surface area contributed by atoms with E-state index in [1.165, 1.54) is 35.4 Å². The van der Waals surface area contributed by atoms with Gasteiger partial charge >= 0.3 is 0 Å². The fourth-order valence-corrected chi connectivity index (χ4v) is 3.52. The van der Waals surface area contributed by atoms with Crippen LogP contribution in [0.2, 0.25) is 0 Å². The molecule has 90 valence electrons. The van der Waals surface area contributed by atoms with E-state index in [2.05, 4.69) is 41.5 Å². The highest BCUT2D eigenvalue weighted by Crippen LogP contribution is 2.30. The van der Waals surface area contributed by atoms with Crippen LogP contribution in [0.3, 0.4) is 0 Å². The second-order valence-corrected chi connectivity index (χ2v) is 6.31. The molecular formula is C14H18N2S. The Morgan fingerprint density at radius 1 is 1.29 bits per heavy atom. The van der Waals surface area contributed by atoms with E-state index in [4.69, 9.17) is 0 Å². The molecule has 1 aliphatic rings. The van der Waals surface area contributed by atoms with Crippen LogP contribution in [0.25, 0.3) is 10.2 Å². The number of benzene rings is 1. The maximum atomic E-state index is 4.66. The lowest BCUT2D eigenvalue weighted by molar-refractivity contribution is 0.362. The van der Waals surface area contributed by atoms with Gasteiger partial charge in [0.1, 0.15) is 5.01 Å². The summed E-state index contributed by atoms with van der Waals surface area (Å²) in [6.07, 6.45) is 5.34. The van der Waals surface area contributed by atoms with Crippen molar-refractivity contribution >= 4 is 21.6 Å². The lowest BCUT2D eigenvalue weighted by atomic mass is 10.0. The fraction of sp³-hybridized carbons (Fsp3) is 0.500. The van der Waals surface area contributed by atoms with Gasteiger partial charge in [0, 0.05) is 12.1 Å². The summed E-state index contributed by atoms with van der Waals surface area (Å²) in [5, 5.41) is 4.89. The average molecular weight is 246 g/mol. The summed E-state index contributed by atoms with van der Waals surface area (Å²) in [4.78, 5) is 4.66. The normalized spacial score (nSPS) is 18.9. The minimum absolute atomic E-state index is 0.345. The van der Waals surface area contributed by atoms with Gasteiger partial charge in [-0.3, -0.25) is 0 Å². The number of para-hydroxylation sites is 1. The van der Waals surface area contributed by atoms with Gasteiger partial charge in [-0.05, 0) is 31.9 Å². The van der Waals surface area contributed by atoms with Gasteiger partial charge in [0.15, 0.2) is 0 Å². The van der Waals surface area contributed by atoms with Crippen molar-refractivity contribution in [2.75, 3.05) is 0 Å². The van der Waals surface area contributed by atoms with Crippen LogP contribution in [0.1, 0.15) is 37.6 Å². The Balaban J connectivity index is 1.72. The Labute approximate surface area is 106 Å². The highest BCUT2D eigenvalue weighted by molar-refractivity contribution is 7.18. The zero-order valence-corrected chi connectivity index (χ0v) is 11.0. The Bertz CT molecular complexity index is 479. The van der Waals surface area contributed by atoms with Gasteiger partial charge in [0.25, 0.3) is 0 Å². The van der Waals surface area contributed by atoms with Crippen molar-refractivity contribution in [1.82, 2.24) is 10.3 Å². The summed E-state index contributed by atoms with van der Waals surface area (Å²) in [5.41, 5.74) is 1.48. The second kappa shape index (κ2) is 4.39. The molecule has 1 aromatic heterocycles. The molecular weight excluding hydrogens is 228 g/mol. The van der Waals surface area contributed by atoms with E-state index in [0.717, 1.165) is 12.1 Å². The maximum absolute atomic E-state index is 4.66. The largest absolute Gasteiger partial charge is 0.305 e. The van der Waals surface area contributed by atoms with Crippen molar-refractivity contribution in [2.24, 2.45) is 0 Å². The summed E-state index contributed by atoms with van der Waals surface area (Å²) >= 11 is 1.81. The molecule has 3 heteroatoms. The summed E-state index contributed by atoms with van der Waals surface area (Å²) < 4.78 is 1.29. The molecule has 0 unspecified atom stereocenters. The fourth-order valence-electron chi connectivity index (χ4n) is 2.62. The van der Waals surface area contributed by atoms with Gasteiger partial charge < -0.3 is 5.32 Å². The van der Waals surface area contributed by atoms with Gasteiger partial charge in [-0.1, -0.05) is 25.0 Å². The molecule has 2 aromatic rings. The van der Waals surface area contributed by atoms with E-state index >= 15 is 0 Å². The van der Waals surface area contributed by atoms with E-state index in [-0.39, 0.29) is 0 Å². The number of rotatable bonds is 3. The molecule has 0 aliphatic heterocycles. The van der Waals surface area contributed by atoms with Crippen molar-refractivity contribution in [3.8, 4) is 0 Å². The summed E-state index contributed by atoms with van der Waals surface area (Å²) in [5.74, 6) is 0. The van der Waals surface area contributed by atoms with Gasteiger partial charge in [-0.15, -0.1) is 11.3 Å². The third-order valence-electron chi connectivity index (χ3n) is 3.71. The van der Waals surface area contributed by atoms with E-state index in [1.807, 2.05) is 0 Å². The highest BCUT2D eigenvalue weighted by atomic mass is 32.1. The zero-order chi connectivity index (χ0) is 11.7. The van der Waals surface area contributed by atoms with Gasteiger partial charge in [0.2, 0.25) is 0 Å². The predicted molar refractivity (Wildman–Crippen MR) is 73.3 cm³/mol. The van der Waals surface area contributed by atoms with Crippen LogP contribution in [-0.4, -0.2) is 10.5 Å². The Hall–Kier alpha value is -0.930. The molecule has 1 aromatic carbocycles. The van der Waals surface area contributed by atoms with Crippen molar-refractivity contribution in [1.29, 1.82) is 0 Å². The van der Waals surface area contributed by atoms with E-state index in [9.17, 15) is 0 Å². The molecule has 1 N–H and O–H groups in total. The zero-order valence-electron chi connectivity index (χ0n) is 10.2. The number of thiazole rings is 1. The van der Waals surface area contributed by atoms with Crippen molar-refractivity contribution < 1.29 is 0 Å². The van der Waals surface area contributed by atoms with Crippen molar-refractivity contribution in [2.45, 2.75) is 44.7 Å². The summed E-state index contributed by atoms with van der Waals surface area (Å²) in [7, 11) is 0. The third kappa shape index (κ3) is 2.35. The minimum Gasteiger partial charge on any atom is -0.305 e. The van der Waals surface area contributed by atoms with Crippen LogP contribution in [0.4, 0.5) is 0 Å². The molecule has 17 heavy (non-hydrogen) atoms. The standard InChI is InChI=1S/C14H18N2S/c1-14(8-4-5-9-14)15-10-13-16-11-6-2-3-7-12(11)17-13/h2-3,6-7,15H,4-5,8-10H2,1H3. The van der Waals surface area contributed by atoms with Crippen molar-refractivity contribution in [3.63, 3.8) is 0 Å². The number of nitrogens with one attached hydrogen (secondary N) is 1. The van der Waals surface area contributed by atoms with Crippen LogP contribution >= 0.6 is 11.3 Å². The van der Waals surface area contributed by atoms with Crippen LogP contribution in [0, 0.1) is 0 Å². The van der Waals surface area contributed by atoms with Crippen LogP contribution < -0.4 is 5.32 Å². The number of hydrogen-bond donors (Lipinski definition) is 1. The third-order valence-corrected chi connectivity index (χ3v) is 4.75. The quantitative estimate of drug-likeness (QED) is 0.893. The second-order valence-electron chi connectivity index (χ2n) is 5.20. The average Bonchev–Trinajstić information content (AvgIpc) is 2.93.